The first-order chi connectivity index (χ1) is 9.81. The van der Waals surface area contributed by atoms with E-state index in [2.05, 4.69) is 17.0 Å². The molecule has 1 rings (SSSR count). The van der Waals surface area contributed by atoms with Crippen LogP contribution in [0.4, 0.5) is 0 Å². The summed E-state index contributed by atoms with van der Waals surface area (Å²) in [6, 6.07) is 2.92. The van der Waals surface area contributed by atoms with Gasteiger partial charge in [-0.1, -0.05) is 37.0 Å². The van der Waals surface area contributed by atoms with Crippen molar-refractivity contribution < 1.29 is 8.42 Å². The van der Waals surface area contributed by atoms with Gasteiger partial charge in [-0.2, -0.15) is 0 Å². The first kappa shape index (κ1) is 18.7. The molecule has 1 unspecified atom stereocenters. The Morgan fingerprint density at radius 1 is 1.24 bits per heavy atom. The topological polar surface area (TPSA) is 58.2 Å². The number of rotatable bonds is 8. The Balaban J connectivity index is 3.12. The molecule has 0 aromatic heterocycles. The Kier molecular flexibility index (Phi) is 7.44. The summed E-state index contributed by atoms with van der Waals surface area (Å²) < 4.78 is 27.4. The third-order valence-corrected chi connectivity index (χ3v) is 5.47. The third-order valence-electron chi connectivity index (χ3n) is 3.08. The van der Waals surface area contributed by atoms with E-state index in [0.717, 1.165) is 13.0 Å². The predicted molar refractivity (Wildman–Crippen MR) is 88.5 cm³/mol. The maximum absolute atomic E-state index is 12.4. The van der Waals surface area contributed by atoms with E-state index in [1.807, 2.05) is 6.92 Å². The summed E-state index contributed by atoms with van der Waals surface area (Å²) in [5.41, 5.74) is 0.683. The molecule has 21 heavy (non-hydrogen) atoms. The van der Waals surface area contributed by atoms with E-state index < -0.39 is 10.0 Å². The number of hydrogen-bond acceptors (Lipinski definition) is 3. The Morgan fingerprint density at radius 2 is 1.90 bits per heavy atom. The zero-order chi connectivity index (χ0) is 16.0. The van der Waals surface area contributed by atoms with Crippen molar-refractivity contribution in [3.63, 3.8) is 0 Å². The number of nitrogens with one attached hydrogen (secondary N) is 2. The molecule has 0 heterocycles. The fourth-order valence-electron chi connectivity index (χ4n) is 1.75. The minimum atomic E-state index is -3.67. The lowest BCUT2D eigenvalue weighted by Gasteiger charge is -2.15. The molecule has 0 bridgehead atoms. The van der Waals surface area contributed by atoms with Crippen molar-refractivity contribution >= 4 is 33.2 Å². The molecule has 0 spiro atoms. The van der Waals surface area contributed by atoms with E-state index in [-0.39, 0.29) is 16.0 Å². The van der Waals surface area contributed by atoms with E-state index in [1.165, 1.54) is 6.07 Å². The van der Waals surface area contributed by atoms with Crippen molar-refractivity contribution in [1.29, 1.82) is 0 Å². The van der Waals surface area contributed by atoms with E-state index in [1.54, 1.807) is 13.0 Å². The van der Waals surface area contributed by atoms with Crippen LogP contribution < -0.4 is 10.0 Å². The molecule has 1 atom stereocenters. The molecular weight excluding hydrogens is 331 g/mol. The van der Waals surface area contributed by atoms with Crippen LogP contribution in [0.15, 0.2) is 17.0 Å². The van der Waals surface area contributed by atoms with Gasteiger partial charge < -0.3 is 5.32 Å². The van der Waals surface area contributed by atoms with Crippen LogP contribution in [0.25, 0.3) is 0 Å². The SMILES string of the molecule is CCCNCc1cc(Cl)cc(S(=O)(=O)NC(C)CC)c1Cl. The van der Waals surface area contributed by atoms with Crippen LogP contribution in [0.1, 0.15) is 39.2 Å². The minimum Gasteiger partial charge on any atom is -0.313 e. The molecule has 7 heteroatoms. The van der Waals surface area contributed by atoms with E-state index >= 15 is 0 Å². The first-order valence-electron chi connectivity index (χ1n) is 7.02. The minimum absolute atomic E-state index is 0.0327. The molecule has 1 aromatic carbocycles. The second kappa shape index (κ2) is 8.34. The van der Waals surface area contributed by atoms with Crippen molar-refractivity contribution in [2.45, 2.75) is 51.1 Å². The Bertz CT molecular complexity index is 577. The van der Waals surface area contributed by atoms with Crippen LogP contribution in [-0.4, -0.2) is 21.0 Å². The van der Waals surface area contributed by atoms with Gasteiger partial charge in [-0.3, -0.25) is 0 Å². The summed E-state index contributed by atoms with van der Waals surface area (Å²) in [7, 11) is -3.67. The highest BCUT2D eigenvalue weighted by Gasteiger charge is 2.22. The Labute approximate surface area is 137 Å². The summed E-state index contributed by atoms with van der Waals surface area (Å²) in [5.74, 6) is 0. The summed E-state index contributed by atoms with van der Waals surface area (Å²) in [5, 5.41) is 3.77. The lowest BCUT2D eigenvalue weighted by Crippen LogP contribution is -2.32. The van der Waals surface area contributed by atoms with Gasteiger partial charge in [0.05, 0.1) is 5.02 Å². The molecule has 0 saturated carbocycles. The lowest BCUT2D eigenvalue weighted by molar-refractivity contribution is 0.555. The van der Waals surface area contributed by atoms with E-state index in [9.17, 15) is 8.42 Å². The zero-order valence-electron chi connectivity index (χ0n) is 12.5. The highest BCUT2D eigenvalue weighted by atomic mass is 35.5. The highest BCUT2D eigenvalue weighted by Crippen LogP contribution is 2.29. The lowest BCUT2D eigenvalue weighted by atomic mass is 10.2. The van der Waals surface area contributed by atoms with Crippen LogP contribution >= 0.6 is 23.2 Å². The predicted octanol–water partition coefficient (Wildman–Crippen LogP) is 3.57. The number of sulfonamides is 1. The van der Waals surface area contributed by atoms with Gasteiger partial charge in [-0.15, -0.1) is 0 Å². The van der Waals surface area contributed by atoms with Gasteiger partial charge in [0, 0.05) is 17.6 Å². The molecule has 0 amide bonds. The Morgan fingerprint density at radius 3 is 2.48 bits per heavy atom. The van der Waals surface area contributed by atoms with Crippen LogP contribution in [-0.2, 0) is 16.6 Å². The van der Waals surface area contributed by atoms with Gasteiger partial charge in [0.25, 0.3) is 0 Å². The fourth-order valence-corrected chi connectivity index (χ4v) is 4.01. The second-order valence-corrected chi connectivity index (χ2v) is 7.48. The highest BCUT2D eigenvalue weighted by molar-refractivity contribution is 7.89. The Hall–Kier alpha value is -0.330. The third kappa shape index (κ3) is 5.42. The zero-order valence-corrected chi connectivity index (χ0v) is 14.9. The maximum atomic E-state index is 12.4. The van der Waals surface area contributed by atoms with Gasteiger partial charge in [-0.05, 0) is 44.0 Å². The van der Waals surface area contributed by atoms with Crippen molar-refractivity contribution in [3.8, 4) is 0 Å². The van der Waals surface area contributed by atoms with Crippen molar-refractivity contribution in [2.75, 3.05) is 6.54 Å². The number of halogens is 2. The molecular formula is C14H22Cl2N2O2S. The molecule has 0 aliphatic rings. The van der Waals surface area contributed by atoms with Crippen LogP contribution in [0.2, 0.25) is 10.0 Å². The molecule has 4 nitrogen and oxygen atoms in total. The summed E-state index contributed by atoms with van der Waals surface area (Å²) in [6.07, 6.45) is 1.68. The molecule has 0 aliphatic heterocycles. The number of benzene rings is 1. The second-order valence-electron chi connectivity index (χ2n) is 4.98. The van der Waals surface area contributed by atoms with Crippen LogP contribution in [0.5, 0.6) is 0 Å². The molecule has 120 valence electrons. The van der Waals surface area contributed by atoms with Gasteiger partial charge in [0.15, 0.2) is 0 Å². The van der Waals surface area contributed by atoms with Crippen LogP contribution in [0, 0.1) is 0 Å². The summed E-state index contributed by atoms with van der Waals surface area (Å²) in [6.45, 7) is 7.08. The van der Waals surface area contributed by atoms with Gasteiger partial charge in [-0.25, -0.2) is 13.1 Å². The molecule has 0 fully saturated rings. The largest absolute Gasteiger partial charge is 0.313 e. The molecule has 1 aromatic rings. The summed E-state index contributed by atoms with van der Waals surface area (Å²) in [4.78, 5) is 0.0327. The quantitative estimate of drug-likeness (QED) is 0.703. The van der Waals surface area contributed by atoms with Crippen molar-refractivity contribution in [3.05, 3.63) is 27.7 Å². The average molecular weight is 353 g/mol. The summed E-state index contributed by atoms with van der Waals surface area (Å²) >= 11 is 12.3. The number of hydrogen-bond donors (Lipinski definition) is 2. The monoisotopic (exact) mass is 352 g/mol. The van der Waals surface area contributed by atoms with Crippen molar-refractivity contribution in [1.82, 2.24) is 10.0 Å². The maximum Gasteiger partial charge on any atom is 0.242 e. The van der Waals surface area contributed by atoms with Gasteiger partial charge >= 0.3 is 0 Å². The van der Waals surface area contributed by atoms with E-state index in [4.69, 9.17) is 23.2 Å². The smallest absolute Gasteiger partial charge is 0.242 e. The van der Waals surface area contributed by atoms with Crippen molar-refractivity contribution in [2.24, 2.45) is 0 Å². The molecule has 2 N–H and O–H groups in total. The van der Waals surface area contributed by atoms with Crippen LogP contribution in [0.3, 0.4) is 0 Å². The van der Waals surface area contributed by atoms with Gasteiger partial charge in [0.1, 0.15) is 4.90 Å². The molecule has 0 saturated heterocycles. The van der Waals surface area contributed by atoms with Gasteiger partial charge in [0.2, 0.25) is 10.0 Å². The fraction of sp³-hybridized carbons (Fsp3) is 0.571. The normalized spacial score (nSPS) is 13.4. The molecule has 0 aliphatic carbocycles. The van der Waals surface area contributed by atoms with E-state index in [0.29, 0.717) is 23.6 Å². The average Bonchev–Trinajstić information content (AvgIpc) is 2.41. The molecule has 0 radical (unpaired) electrons. The first-order valence-corrected chi connectivity index (χ1v) is 9.26. The standard InChI is InChI=1S/C14H22Cl2N2O2S/c1-4-6-17-9-11-7-12(15)8-13(14(11)16)21(19,20)18-10(3)5-2/h7-8,10,17-18H,4-6,9H2,1-3H3.